The molecule has 0 radical (unpaired) electrons. The molecule has 0 saturated carbocycles. The zero-order valence-electron chi connectivity index (χ0n) is 10.7. The Bertz CT molecular complexity index is 491. The zero-order valence-corrected chi connectivity index (χ0v) is 11.5. The van der Waals surface area contributed by atoms with Gasteiger partial charge in [0.2, 0.25) is 0 Å². The van der Waals surface area contributed by atoms with Gasteiger partial charge in [0.1, 0.15) is 12.4 Å². The number of hydrogen-bond acceptors (Lipinski definition) is 4. The van der Waals surface area contributed by atoms with Crippen LogP contribution in [-0.2, 0) is 13.2 Å². The molecule has 0 bridgehead atoms. The van der Waals surface area contributed by atoms with Crippen molar-refractivity contribution < 1.29 is 4.74 Å². The van der Waals surface area contributed by atoms with E-state index in [9.17, 15) is 0 Å². The highest BCUT2D eigenvalue weighted by Crippen LogP contribution is 2.25. The Morgan fingerprint density at radius 3 is 2.50 bits per heavy atom. The van der Waals surface area contributed by atoms with Crippen LogP contribution < -0.4 is 15.4 Å². The van der Waals surface area contributed by atoms with Gasteiger partial charge in [-0.15, -0.1) is 11.3 Å². The fourth-order valence-electron chi connectivity index (χ4n) is 1.66. The van der Waals surface area contributed by atoms with Gasteiger partial charge >= 0.3 is 0 Å². The van der Waals surface area contributed by atoms with Crippen LogP contribution in [-0.4, -0.2) is 14.1 Å². The molecule has 1 aromatic carbocycles. The molecule has 0 aliphatic rings. The zero-order chi connectivity index (χ0) is 13.0. The molecule has 2 aromatic rings. The molecule has 18 heavy (non-hydrogen) atoms. The van der Waals surface area contributed by atoms with E-state index in [4.69, 9.17) is 10.5 Å². The lowest BCUT2D eigenvalue weighted by atomic mass is 10.2. The highest BCUT2D eigenvalue weighted by molar-refractivity contribution is 7.10. The van der Waals surface area contributed by atoms with E-state index in [1.165, 1.54) is 5.69 Å². The third kappa shape index (κ3) is 3.03. The summed E-state index contributed by atoms with van der Waals surface area (Å²) in [4.78, 5) is 3.18. The Balaban J connectivity index is 1.98. The van der Waals surface area contributed by atoms with Crippen LogP contribution in [0.5, 0.6) is 5.75 Å². The molecule has 0 unspecified atom stereocenters. The standard InChI is InChI=1S/C14H18N2OS/c1-16(2)12-5-3-11(4-6-12)10-17-13-7-8-18-14(13)9-15/h3-8H,9-10,15H2,1-2H3. The summed E-state index contributed by atoms with van der Waals surface area (Å²) >= 11 is 1.63. The second-order valence-electron chi connectivity index (χ2n) is 4.26. The number of thiophene rings is 1. The Kier molecular flexibility index (Phi) is 4.23. The van der Waals surface area contributed by atoms with Gasteiger partial charge in [-0.3, -0.25) is 0 Å². The maximum Gasteiger partial charge on any atom is 0.134 e. The summed E-state index contributed by atoms with van der Waals surface area (Å²) in [5.41, 5.74) is 8.00. The second kappa shape index (κ2) is 5.89. The fraction of sp³-hybridized carbons (Fsp3) is 0.286. The van der Waals surface area contributed by atoms with Crippen LogP contribution in [0.2, 0.25) is 0 Å². The van der Waals surface area contributed by atoms with Crippen molar-refractivity contribution in [3.05, 3.63) is 46.2 Å². The third-order valence-electron chi connectivity index (χ3n) is 2.74. The molecule has 0 fully saturated rings. The molecule has 0 aliphatic heterocycles. The molecule has 0 atom stereocenters. The molecule has 1 aromatic heterocycles. The van der Waals surface area contributed by atoms with Gasteiger partial charge in [0.15, 0.2) is 0 Å². The lowest BCUT2D eigenvalue weighted by molar-refractivity contribution is 0.305. The van der Waals surface area contributed by atoms with Crippen molar-refractivity contribution in [3.63, 3.8) is 0 Å². The van der Waals surface area contributed by atoms with Crippen LogP contribution >= 0.6 is 11.3 Å². The first-order valence-corrected chi connectivity index (χ1v) is 6.74. The van der Waals surface area contributed by atoms with Gasteiger partial charge in [0.25, 0.3) is 0 Å². The van der Waals surface area contributed by atoms with Gasteiger partial charge in [0, 0.05) is 26.3 Å². The Morgan fingerprint density at radius 1 is 1.17 bits per heavy atom. The highest BCUT2D eigenvalue weighted by atomic mass is 32.1. The first kappa shape index (κ1) is 12.9. The Labute approximate surface area is 112 Å². The summed E-state index contributed by atoms with van der Waals surface area (Å²) in [5, 5.41) is 2.01. The van der Waals surface area contributed by atoms with Crippen molar-refractivity contribution in [2.75, 3.05) is 19.0 Å². The number of benzene rings is 1. The molecule has 2 rings (SSSR count). The van der Waals surface area contributed by atoms with Crippen LogP contribution in [0.3, 0.4) is 0 Å². The summed E-state index contributed by atoms with van der Waals surface area (Å²) in [6.45, 7) is 1.12. The summed E-state index contributed by atoms with van der Waals surface area (Å²) in [5.74, 6) is 0.902. The summed E-state index contributed by atoms with van der Waals surface area (Å²) < 4.78 is 5.77. The smallest absolute Gasteiger partial charge is 0.134 e. The summed E-state index contributed by atoms with van der Waals surface area (Å²) in [7, 11) is 4.06. The minimum Gasteiger partial charge on any atom is -0.488 e. The Hall–Kier alpha value is -1.52. The van der Waals surface area contributed by atoms with Gasteiger partial charge in [-0.25, -0.2) is 0 Å². The van der Waals surface area contributed by atoms with Gasteiger partial charge in [0.05, 0.1) is 4.88 Å². The maximum atomic E-state index is 5.77. The van der Waals surface area contributed by atoms with Crippen molar-refractivity contribution in [1.82, 2.24) is 0 Å². The number of nitrogens with two attached hydrogens (primary N) is 1. The first-order valence-electron chi connectivity index (χ1n) is 5.86. The molecular weight excluding hydrogens is 244 g/mol. The summed E-state index contributed by atoms with van der Waals surface area (Å²) in [6.07, 6.45) is 0. The lowest BCUT2D eigenvalue weighted by Gasteiger charge is -2.13. The molecule has 4 heteroatoms. The highest BCUT2D eigenvalue weighted by Gasteiger charge is 2.04. The van der Waals surface area contributed by atoms with Crippen LogP contribution in [0.4, 0.5) is 5.69 Å². The van der Waals surface area contributed by atoms with Crippen LogP contribution in [0, 0.1) is 0 Å². The van der Waals surface area contributed by atoms with Crippen LogP contribution in [0.15, 0.2) is 35.7 Å². The predicted molar refractivity (Wildman–Crippen MR) is 77.3 cm³/mol. The molecular formula is C14H18N2OS. The largest absolute Gasteiger partial charge is 0.488 e. The fourth-order valence-corrected chi connectivity index (χ4v) is 2.35. The van der Waals surface area contributed by atoms with E-state index < -0.39 is 0 Å². The molecule has 1 heterocycles. The number of hydrogen-bond donors (Lipinski definition) is 1. The SMILES string of the molecule is CN(C)c1ccc(COc2ccsc2CN)cc1. The first-order chi connectivity index (χ1) is 8.70. The van der Waals surface area contributed by atoms with Crippen molar-refractivity contribution in [3.8, 4) is 5.75 Å². The van der Waals surface area contributed by atoms with E-state index in [0.717, 1.165) is 16.2 Å². The van der Waals surface area contributed by atoms with Gasteiger partial charge < -0.3 is 15.4 Å². The van der Waals surface area contributed by atoms with Crippen LogP contribution in [0.1, 0.15) is 10.4 Å². The van der Waals surface area contributed by atoms with Crippen molar-refractivity contribution in [1.29, 1.82) is 0 Å². The minimum atomic E-state index is 0.534. The monoisotopic (exact) mass is 262 g/mol. The van der Waals surface area contributed by atoms with Crippen molar-refractivity contribution in [2.45, 2.75) is 13.2 Å². The molecule has 3 nitrogen and oxygen atoms in total. The van der Waals surface area contributed by atoms with Gasteiger partial charge in [-0.2, -0.15) is 0 Å². The Morgan fingerprint density at radius 2 is 1.89 bits per heavy atom. The van der Waals surface area contributed by atoms with Gasteiger partial charge in [-0.05, 0) is 29.1 Å². The average molecular weight is 262 g/mol. The van der Waals surface area contributed by atoms with Gasteiger partial charge in [-0.1, -0.05) is 12.1 Å². The van der Waals surface area contributed by atoms with E-state index in [1.54, 1.807) is 11.3 Å². The number of nitrogens with zero attached hydrogens (tertiary/aromatic N) is 1. The van der Waals surface area contributed by atoms with Crippen molar-refractivity contribution >= 4 is 17.0 Å². The normalized spacial score (nSPS) is 10.4. The molecule has 0 saturated heterocycles. The van der Waals surface area contributed by atoms with E-state index >= 15 is 0 Å². The predicted octanol–water partition coefficient (Wildman–Crippen LogP) is 2.85. The molecule has 2 N–H and O–H groups in total. The summed E-state index contributed by atoms with van der Waals surface area (Å²) in [6, 6.07) is 10.3. The maximum absolute atomic E-state index is 5.77. The number of ether oxygens (including phenoxy) is 1. The number of anilines is 1. The second-order valence-corrected chi connectivity index (χ2v) is 5.26. The minimum absolute atomic E-state index is 0.534. The number of rotatable bonds is 5. The van der Waals surface area contributed by atoms with E-state index in [1.807, 2.05) is 25.5 Å². The lowest BCUT2D eigenvalue weighted by Crippen LogP contribution is -2.08. The molecule has 96 valence electrons. The topological polar surface area (TPSA) is 38.5 Å². The molecule has 0 spiro atoms. The van der Waals surface area contributed by atoms with E-state index in [2.05, 4.69) is 29.2 Å². The quantitative estimate of drug-likeness (QED) is 0.900. The van der Waals surface area contributed by atoms with E-state index in [-0.39, 0.29) is 0 Å². The van der Waals surface area contributed by atoms with Crippen molar-refractivity contribution in [2.24, 2.45) is 5.73 Å². The average Bonchev–Trinajstić information content (AvgIpc) is 2.84. The van der Waals surface area contributed by atoms with Crippen LogP contribution in [0.25, 0.3) is 0 Å². The molecule has 0 aliphatic carbocycles. The van der Waals surface area contributed by atoms with E-state index in [0.29, 0.717) is 13.2 Å². The third-order valence-corrected chi connectivity index (χ3v) is 3.66. The molecule has 0 amide bonds.